The lowest BCUT2D eigenvalue weighted by atomic mass is 10.1. The summed E-state index contributed by atoms with van der Waals surface area (Å²) in [5, 5.41) is 13.0. The van der Waals surface area contributed by atoms with Gasteiger partial charge in [0, 0.05) is 30.4 Å². The predicted octanol–water partition coefficient (Wildman–Crippen LogP) is 4.03. The molecule has 0 aromatic carbocycles. The Morgan fingerprint density at radius 3 is 2.57 bits per heavy atom. The van der Waals surface area contributed by atoms with Crippen LogP contribution in [0.3, 0.4) is 0 Å². The average Bonchev–Trinajstić information content (AvgIpc) is 3.13. The van der Waals surface area contributed by atoms with Gasteiger partial charge in [-0.15, -0.1) is 0 Å². The molecule has 0 aliphatic heterocycles. The third-order valence-corrected chi connectivity index (χ3v) is 6.06. The van der Waals surface area contributed by atoms with Gasteiger partial charge in [0.05, 0.1) is 22.7 Å². The van der Waals surface area contributed by atoms with Crippen LogP contribution in [0.4, 0.5) is 5.82 Å². The van der Waals surface area contributed by atoms with Crippen molar-refractivity contribution in [2.45, 2.75) is 64.3 Å². The molecule has 3 heterocycles. The highest BCUT2D eigenvalue weighted by molar-refractivity contribution is 6.12. The van der Waals surface area contributed by atoms with Gasteiger partial charge in [-0.1, -0.05) is 12.8 Å². The summed E-state index contributed by atoms with van der Waals surface area (Å²) >= 11 is 0. The standard InChI is InChI=1S/C21H26N6O/c1-12-10-18(25-27(12)15-6-4-5-7-15)23-21(28)16-11-17(14-8-9-14)22-20-19(16)13(2)24-26(20)3/h10-11,14-15H,4-9H2,1-3H3,(H,23,25,28). The van der Waals surface area contributed by atoms with E-state index in [0.29, 0.717) is 23.3 Å². The van der Waals surface area contributed by atoms with Crippen LogP contribution in [-0.2, 0) is 7.05 Å². The van der Waals surface area contributed by atoms with Gasteiger partial charge in [0.1, 0.15) is 0 Å². The van der Waals surface area contributed by atoms with Crippen molar-refractivity contribution in [2.24, 2.45) is 7.05 Å². The van der Waals surface area contributed by atoms with Gasteiger partial charge >= 0.3 is 0 Å². The number of rotatable bonds is 4. The predicted molar refractivity (Wildman–Crippen MR) is 108 cm³/mol. The Labute approximate surface area is 164 Å². The van der Waals surface area contributed by atoms with Crippen LogP contribution in [-0.4, -0.2) is 30.5 Å². The van der Waals surface area contributed by atoms with Gasteiger partial charge in [0.15, 0.2) is 11.5 Å². The summed E-state index contributed by atoms with van der Waals surface area (Å²) < 4.78 is 3.85. The van der Waals surface area contributed by atoms with Crippen molar-refractivity contribution in [3.63, 3.8) is 0 Å². The SMILES string of the molecule is Cc1nn(C)c2nc(C3CC3)cc(C(=O)Nc3cc(C)n(C4CCCC4)n3)c12. The van der Waals surface area contributed by atoms with Crippen LogP contribution in [0.1, 0.15) is 77.9 Å². The lowest BCUT2D eigenvalue weighted by molar-refractivity contribution is 0.102. The van der Waals surface area contributed by atoms with Gasteiger partial charge < -0.3 is 5.32 Å². The van der Waals surface area contributed by atoms with Gasteiger partial charge in [-0.3, -0.25) is 14.2 Å². The maximum atomic E-state index is 13.2. The number of carbonyl (C=O) groups excluding carboxylic acids is 1. The van der Waals surface area contributed by atoms with Crippen LogP contribution in [0, 0.1) is 13.8 Å². The molecule has 7 heteroatoms. The molecule has 3 aromatic heterocycles. The highest BCUT2D eigenvalue weighted by Gasteiger charge is 2.29. The number of aryl methyl sites for hydroxylation is 3. The highest BCUT2D eigenvalue weighted by atomic mass is 16.1. The van der Waals surface area contributed by atoms with Crippen LogP contribution < -0.4 is 5.32 Å². The summed E-state index contributed by atoms with van der Waals surface area (Å²) in [6, 6.07) is 4.37. The smallest absolute Gasteiger partial charge is 0.257 e. The van der Waals surface area contributed by atoms with Crippen molar-refractivity contribution in [1.82, 2.24) is 24.5 Å². The van der Waals surface area contributed by atoms with Crippen molar-refractivity contribution in [1.29, 1.82) is 0 Å². The Kier molecular flexibility index (Phi) is 4.00. The first-order valence-electron chi connectivity index (χ1n) is 10.2. The number of amides is 1. The molecule has 1 amide bonds. The maximum absolute atomic E-state index is 13.2. The minimum atomic E-state index is -0.138. The zero-order valence-corrected chi connectivity index (χ0v) is 16.7. The van der Waals surface area contributed by atoms with E-state index < -0.39 is 0 Å². The summed E-state index contributed by atoms with van der Waals surface area (Å²) in [5.41, 5.74) is 4.34. The fourth-order valence-corrected chi connectivity index (χ4v) is 4.48. The van der Waals surface area contributed by atoms with Gasteiger partial charge in [0.25, 0.3) is 5.91 Å². The second kappa shape index (κ2) is 6.43. The van der Waals surface area contributed by atoms with Crippen molar-refractivity contribution < 1.29 is 4.79 Å². The van der Waals surface area contributed by atoms with E-state index in [2.05, 4.69) is 27.1 Å². The molecule has 0 unspecified atom stereocenters. The number of pyridine rings is 1. The first-order chi connectivity index (χ1) is 13.5. The highest BCUT2D eigenvalue weighted by Crippen LogP contribution is 2.40. The number of hydrogen-bond acceptors (Lipinski definition) is 4. The van der Waals surface area contributed by atoms with Crippen LogP contribution >= 0.6 is 0 Å². The second-order valence-electron chi connectivity index (χ2n) is 8.28. The number of hydrogen-bond donors (Lipinski definition) is 1. The molecule has 2 fully saturated rings. The van der Waals surface area contributed by atoms with Crippen molar-refractivity contribution in [2.75, 3.05) is 5.32 Å². The molecule has 2 saturated carbocycles. The molecule has 2 aliphatic rings. The molecule has 7 nitrogen and oxygen atoms in total. The third-order valence-electron chi connectivity index (χ3n) is 6.06. The summed E-state index contributed by atoms with van der Waals surface area (Å²) in [6.45, 7) is 3.98. The summed E-state index contributed by atoms with van der Waals surface area (Å²) in [7, 11) is 1.88. The quantitative estimate of drug-likeness (QED) is 0.744. The van der Waals surface area contributed by atoms with E-state index in [-0.39, 0.29) is 5.91 Å². The first-order valence-corrected chi connectivity index (χ1v) is 10.2. The van der Waals surface area contributed by atoms with Gasteiger partial charge in [-0.25, -0.2) is 4.98 Å². The molecule has 0 atom stereocenters. The third kappa shape index (κ3) is 2.89. The van der Waals surface area contributed by atoms with Crippen LogP contribution in [0.15, 0.2) is 12.1 Å². The average molecular weight is 378 g/mol. The zero-order valence-electron chi connectivity index (χ0n) is 16.7. The molecular formula is C21H26N6O. The maximum Gasteiger partial charge on any atom is 0.257 e. The second-order valence-corrected chi connectivity index (χ2v) is 8.28. The first kappa shape index (κ1) is 17.4. The molecule has 0 bridgehead atoms. The number of carbonyl (C=O) groups is 1. The van der Waals surface area contributed by atoms with Crippen LogP contribution in [0.25, 0.3) is 11.0 Å². The largest absolute Gasteiger partial charge is 0.305 e. The van der Waals surface area contributed by atoms with E-state index in [9.17, 15) is 4.79 Å². The Balaban J connectivity index is 1.50. The minimum Gasteiger partial charge on any atom is -0.305 e. The zero-order chi connectivity index (χ0) is 19.4. The molecule has 146 valence electrons. The fourth-order valence-electron chi connectivity index (χ4n) is 4.48. The summed E-state index contributed by atoms with van der Waals surface area (Å²) in [4.78, 5) is 18.0. The van der Waals surface area contributed by atoms with Crippen LogP contribution in [0.5, 0.6) is 0 Å². The molecule has 0 spiro atoms. The number of aromatic nitrogens is 5. The molecule has 2 aliphatic carbocycles. The Bertz CT molecular complexity index is 1070. The summed E-state index contributed by atoms with van der Waals surface area (Å²) in [5.74, 6) is 0.949. The number of nitrogens with one attached hydrogen (secondary N) is 1. The van der Waals surface area contributed by atoms with E-state index in [1.165, 1.54) is 25.7 Å². The summed E-state index contributed by atoms with van der Waals surface area (Å²) in [6.07, 6.45) is 7.12. The molecule has 28 heavy (non-hydrogen) atoms. The lowest BCUT2D eigenvalue weighted by Crippen LogP contribution is -2.15. The van der Waals surface area contributed by atoms with E-state index in [1.807, 2.05) is 26.1 Å². The lowest BCUT2D eigenvalue weighted by Gasteiger charge is -2.11. The van der Waals surface area contributed by atoms with Gasteiger partial charge in [0.2, 0.25) is 0 Å². The topological polar surface area (TPSA) is 77.6 Å². The Morgan fingerprint density at radius 2 is 1.86 bits per heavy atom. The molecular weight excluding hydrogens is 352 g/mol. The number of fused-ring (bicyclic) bond motifs is 1. The van der Waals surface area contributed by atoms with E-state index in [4.69, 9.17) is 4.98 Å². The molecule has 0 saturated heterocycles. The Hall–Kier alpha value is -2.70. The normalized spacial score (nSPS) is 17.5. The number of anilines is 1. The monoisotopic (exact) mass is 378 g/mol. The van der Waals surface area contributed by atoms with E-state index >= 15 is 0 Å². The van der Waals surface area contributed by atoms with E-state index in [1.54, 1.807) is 4.68 Å². The Morgan fingerprint density at radius 1 is 1.11 bits per heavy atom. The number of nitrogens with zero attached hydrogens (tertiary/aromatic N) is 5. The van der Waals surface area contributed by atoms with Crippen LogP contribution in [0.2, 0.25) is 0 Å². The molecule has 5 rings (SSSR count). The van der Waals surface area contributed by atoms with Crippen molar-refractivity contribution in [3.05, 3.63) is 34.8 Å². The molecule has 1 N–H and O–H groups in total. The molecule has 3 aromatic rings. The van der Waals surface area contributed by atoms with Gasteiger partial charge in [-0.05, 0) is 45.6 Å². The van der Waals surface area contributed by atoms with E-state index in [0.717, 1.165) is 41.0 Å². The van der Waals surface area contributed by atoms with Crippen molar-refractivity contribution in [3.8, 4) is 0 Å². The minimum absolute atomic E-state index is 0.138. The molecule has 0 radical (unpaired) electrons. The van der Waals surface area contributed by atoms with Gasteiger partial charge in [-0.2, -0.15) is 10.2 Å². The van der Waals surface area contributed by atoms with Crippen molar-refractivity contribution >= 4 is 22.8 Å². The fraction of sp³-hybridized carbons (Fsp3) is 0.524.